The SMILES string of the molecule is CON=C(C(=O)NOCCO)c1ccccc1COc1ccccc1C. The van der Waals surface area contributed by atoms with Gasteiger partial charge in [0.05, 0.1) is 13.2 Å². The van der Waals surface area contributed by atoms with Gasteiger partial charge in [0.2, 0.25) is 0 Å². The number of carbonyl (C=O) groups is 1. The smallest absolute Gasteiger partial charge is 0.297 e. The standard InChI is InChI=1S/C19H22N2O5/c1-14-7-3-6-10-17(14)25-13-15-8-4-5-9-16(15)18(20-24-2)19(23)21-26-12-11-22/h3-10,22H,11-13H2,1-2H3,(H,21,23). The van der Waals surface area contributed by atoms with Crippen LogP contribution in [-0.4, -0.2) is 37.0 Å². The fourth-order valence-corrected chi connectivity index (χ4v) is 2.27. The van der Waals surface area contributed by atoms with Crippen LogP contribution in [0.5, 0.6) is 5.75 Å². The fourth-order valence-electron chi connectivity index (χ4n) is 2.27. The van der Waals surface area contributed by atoms with Crippen molar-refractivity contribution in [3.8, 4) is 5.75 Å². The second kappa shape index (κ2) is 10.2. The number of aryl methyl sites for hydroxylation is 1. The molecule has 2 N–H and O–H groups in total. The number of ether oxygens (including phenoxy) is 1. The van der Waals surface area contributed by atoms with Crippen LogP contribution in [0.15, 0.2) is 53.7 Å². The fraction of sp³-hybridized carbons (Fsp3) is 0.263. The first-order valence-electron chi connectivity index (χ1n) is 8.08. The summed E-state index contributed by atoms with van der Waals surface area (Å²) in [6, 6.07) is 14.9. The van der Waals surface area contributed by atoms with Crippen LogP contribution in [0.3, 0.4) is 0 Å². The molecule has 0 heterocycles. The summed E-state index contributed by atoms with van der Waals surface area (Å²) in [7, 11) is 1.36. The van der Waals surface area contributed by atoms with E-state index in [4.69, 9.17) is 19.5 Å². The van der Waals surface area contributed by atoms with Crippen molar-refractivity contribution in [2.24, 2.45) is 5.16 Å². The third-order valence-electron chi connectivity index (χ3n) is 3.51. The number of oxime groups is 1. The predicted molar refractivity (Wildman–Crippen MR) is 96.7 cm³/mol. The lowest BCUT2D eigenvalue weighted by molar-refractivity contribution is -0.127. The minimum absolute atomic E-state index is 0.0238. The van der Waals surface area contributed by atoms with Crippen molar-refractivity contribution in [2.75, 3.05) is 20.3 Å². The van der Waals surface area contributed by atoms with Gasteiger partial charge in [-0.3, -0.25) is 9.63 Å². The average Bonchev–Trinajstić information content (AvgIpc) is 2.66. The van der Waals surface area contributed by atoms with E-state index in [1.807, 2.05) is 43.3 Å². The maximum absolute atomic E-state index is 12.3. The molecule has 0 bridgehead atoms. The van der Waals surface area contributed by atoms with Crippen LogP contribution in [0, 0.1) is 6.92 Å². The van der Waals surface area contributed by atoms with Crippen LogP contribution in [0.2, 0.25) is 0 Å². The van der Waals surface area contributed by atoms with Crippen LogP contribution in [0.4, 0.5) is 0 Å². The highest BCUT2D eigenvalue weighted by atomic mass is 16.7. The van der Waals surface area contributed by atoms with Crippen LogP contribution >= 0.6 is 0 Å². The molecular weight excluding hydrogens is 336 g/mol. The van der Waals surface area contributed by atoms with Gasteiger partial charge in [0, 0.05) is 5.56 Å². The van der Waals surface area contributed by atoms with Crippen molar-refractivity contribution < 1.29 is 24.3 Å². The highest BCUT2D eigenvalue weighted by Gasteiger charge is 2.19. The van der Waals surface area contributed by atoms with E-state index in [9.17, 15) is 4.79 Å². The van der Waals surface area contributed by atoms with E-state index in [0.29, 0.717) is 5.56 Å². The maximum Gasteiger partial charge on any atom is 0.297 e. The van der Waals surface area contributed by atoms with Crippen LogP contribution in [-0.2, 0) is 21.1 Å². The van der Waals surface area contributed by atoms with Gasteiger partial charge in [-0.2, -0.15) is 0 Å². The molecule has 1 amide bonds. The minimum atomic E-state index is -0.580. The molecule has 0 fully saturated rings. The second-order valence-electron chi connectivity index (χ2n) is 5.34. The Balaban J connectivity index is 2.20. The maximum atomic E-state index is 12.3. The van der Waals surface area contributed by atoms with Gasteiger partial charge in [-0.05, 0) is 24.1 Å². The zero-order chi connectivity index (χ0) is 18.8. The molecule has 0 spiro atoms. The minimum Gasteiger partial charge on any atom is -0.489 e. The van der Waals surface area contributed by atoms with E-state index in [1.54, 1.807) is 12.1 Å². The number of carbonyl (C=O) groups excluding carboxylic acids is 1. The number of rotatable bonds is 9. The van der Waals surface area contributed by atoms with Gasteiger partial charge in [-0.25, -0.2) is 5.48 Å². The first-order chi connectivity index (χ1) is 12.7. The number of hydroxylamine groups is 1. The zero-order valence-electron chi connectivity index (χ0n) is 14.8. The number of aliphatic hydroxyl groups excluding tert-OH is 1. The Morgan fingerprint density at radius 1 is 1.15 bits per heavy atom. The van der Waals surface area contributed by atoms with E-state index in [1.165, 1.54) is 7.11 Å². The molecule has 2 aromatic rings. The molecule has 138 valence electrons. The molecule has 0 aliphatic heterocycles. The number of hydrogen-bond acceptors (Lipinski definition) is 6. The van der Waals surface area contributed by atoms with Crippen LogP contribution in [0.25, 0.3) is 0 Å². The van der Waals surface area contributed by atoms with E-state index in [-0.39, 0.29) is 25.5 Å². The summed E-state index contributed by atoms with van der Waals surface area (Å²) < 4.78 is 5.88. The molecule has 0 saturated carbocycles. The Labute approximate surface area is 152 Å². The number of amides is 1. The Morgan fingerprint density at radius 2 is 1.88 bits per heavy atom. The molecule has 0 aliphatic carbocycles. The van der Waals surface area contributed by atoms with Gasteiger partial charge < -0.3 is 14.7 Å². The number of nitrogens with zero attached hydrogens (tertiary/aromatic N) is 1. The highest BCUT2D eigenvalue weighted by molar-refractivity contribution is 6.45. The largest absolute Gasteiger partial charge is 0.489 e. The molecule has 2 aromatic carbocycles. The summed E-state index contributed by atoms with van der Waals surface area (Å²) in [5.41, 5.74) is 4.63. The third kappa shape index (κ3) is 5.30. The average molecular weight is 358 g/mol. The van der Waals surface area contributed by atoms with Crippen LogP contribution in [0.1, 0.15) is 16.7 Å². The van der Waals surface area contributed by atoms with Gasteiger partial charge >= 0.3 is 0 Å². The van der Waals surface area contributed by atoms with Crippen molar-refractivity contribution >= 4 is 11.6 Å². The third-order valence-corrected chi connectivity index (χ3v) is 3.51. The van der Waals surface area contributed by atoms with E-state index < -0.39 is 5.91 Å². The summed E-state index contributed by atoms with van der Waals surface area (Å²) in [6.45, 7) is 1.99. The molecular formula is C19H22N2O5. The molecule has 7 heteroatoms. The molecule has 0 radical (unpaired) electrons. The van der Waals surface area contributed by atoms with E-state index >= 15 is 0 Å². The number of para-hydroxylation sites is 1. The number of hydrogen-bond donors (Lipinski definition) is 2. The highest BCUT2D eigenvalue weighted by Crippen LogP contribution is 2.19. The van der Waals surface area contributed by atoms with E-state index in [0.717, 1.165) is 16.9 Å². The molecule has 26 heavy (non-hydrogen) atoms. The Hall–Kier alpha value is -2.90. The molecule has 2 rings (SSSR count). The van der Waals surface area contributed by atoms with Gasteiger partial charge in [-0.1, -0.05) is 47.6 Å². The molecule has 0 aromatic heterocycles. The number of nitrogens with one attached hydrogen (secondary N) is 1. The number of benzene rings is 2. The van der Waals surface area contributed by atoms with Crippen molar-refractivity contribution in [1.29, 1.82) is 0 Å². The predicted octanol–water partition coefficient (Wildman–Crippen LogP) is 1.96. The van der Waals surface area contributed by atoms with Crippen molar-refractivity contribution in [3.63, 3.8) is 0 Å². The molecule has 0 atom stereocenters. The van der Waals surface area contributed by atoms with Crippen molar-refractivity contribution in [3.05, 3.63) is 65.2 Å². The lowest BCUT2D eigenvalue weighted by Gasteiger charge is -2.13. The number of aliphatic hydroxyl groups is 1. The monoisotopic (exact) mass is 358 g/mol. The molecule has 0 saturated heterocycles. The zero-order valence-corrected chi connectivity index (χ0v) is 14.8. The molecule has 0 unspecified atom stereocenters. The normalized spacial score (nSPS) is 11.1. The van der Waals surface area contributed by atoms with Crippen molar-refractivity contribution in [2.45, 2.75) is 13.5 Å². The van der Waals surface area contributed by atoms with Gasteiger partial charge in [0.1, 0.15) is 19.5 Å². The van der Waals surface area contributed by atoms with Gasteiger partial charge in [0.25, 0.3) is 5.91 Å². The van der Waals surface area contributed by atoms with Gasteiger partial charge in [-0.15, -0.1) is 0 Å². The first-order valence-corrected chi connectivity index (χ1v) is 8.08. The molecule has 0 aliphatic rings. The quantitative estimate of drug-likeness (QED) is 0.406. The van der Waals surface area contributed by atoms with Crippen LogP contribution < -0.4 is 10.2 Å². The first kappa shape index (κ1) is 19.4. The lowest BCUT2D eigenvalue weighted by atomic mass is 10.0. The van der Waals surface area contributed by atoms with Crippen molar-refractivity contribution in [1.82, 2.24) is 5.48 Å². The Bertz CT molecular complexity index is 761. The lowest BCUT2D eigenvalue weighted by Crippen LogP contribution is -2.33. The summed E-state index contributed by atoms with van der Waals surface area (Å²) in [5, 5.41) is 12.5. The topological polar surface area (TPSA) is 89.4 Å². The Kier molecular flexibility index (Phi) is 7.60. The summed E-state index contributed by atoms with van der Waals surface area (Å²) in [4.78, 5) is 22.0. The Morgan fingerprint density at radius 3 is 2.62 bits per heavy atom. The summed E-state index contributed by atoms with van der Waals surface area (Å²) >= 11 is 0. The summed E-state index contributed by atoms with van der Waals surface area (Å²) in [5.74, 6) is 0.187. The van der Waals surface area contributed by atoms with Gasteiger partial charge in [0.15, 0.2) is 5.71 Å². The van der Waals surface area contributed by atoms with E-state index in [2.05, 4.69) is 10.6 Å². The summed E-state index contributed by atoms with van der Waals surface area (Å²) in [6.07, 6.45) is 0. The molecule has 7 nitrogen and oxygen atoms in total. The second-order valence-corrected chi connectivity index (χ2v) is 5.34.